The van der Waals surface area contributed by atoms with Gasteiger partial charge >= 0.3 is 0 Å². The van der Waals surface area contributed by atoms with E-state index in [4.69, 9.17) is 4.74 Å². The lowest BCUT2D eigenvalue weighted by molar-refractivity contribution is 0.0104. The Bertz CT molecular complexity index is 204. The predicted molar refractivity (Wildman–Crippen MR) is 71.1 cm³/mol. The molecule has 1 saturated heterocycles. The van der Waals surface area contributed by atoms with Crippen LogP contribution < -0.4 is 5.32 Å². The standard InChI is InChI=1S/C13H25NOS/c1-10-9-12(7-8-15-10)14-11-3-5-13(16-2)6-4-11/h10-14H,3-9H2,1-2H3. The molecule has 0 spiro atoms. The number of hydrogen-bond acceptors (Lipinski definition) is 3. The third-order valence-corrected chi connectivity index (χ3v) is 5.10. The molecule has 2 unspecified atom stereocenters. The van der Waals surface area contributed by atoms with E-state index in [1.54, 1.807) is 0 Å². The van der Waals surface area contributed by atoms with Crippen LogP contribution in [-0.2, 0) is 4.74 Å². The minimum Gasteiger partial charge on any atom is -0.378 e. The highest BCUT2D eigenvalue weighted by molar-refractivity contribution is 7.99. The monoisotopic (exact) mass is 243 g/mol. The molecule has 0 radical (unpaired) electrons. The maximum absolute atomic E-state index is 5.59. The molecule has 1 saturated carbocycles. The third kappa shape index (κ3) is 3.64. The van der Waals surface area contributed by atoms with Crippen LogP contribution in [-0.4, -0.2) is 36.3 Å². The second-order valence-electron chi connectivity index (χ2n) is 5.28. The molecule has 0 aromatic heterocycles. The van der Waals surface area contributed by atoms with Gasteiger partial charge < -0.3 is 10.1 Å². The van der Waals surface area contributed by atoms with Gasteiger partial charge in [0.15, 0.2) is 0 Å². The molecule has 1 heterocycles. The van der Waals surface area contributed by atoms with Gasteiger partial charge in [0, 0.05) is 23.9 Å². The fourth-order valence-electron chi connectivity index (χ4n) is 2.95. The van der Waals surface area contributed by atoms with E-state index < -0.39 is 0 Å². The molecule has 1 aliphatic heterocycles. The average Bonchev–Trinajstić information content (AvgIpc) is 2.30. The minimum atomic E-state index is 0.453. The molecular formula is C13H25NOS. The zero-order valence-corrected chi connectivity index (χ0v) is 11.4. The Morgan fingerprint density at radius 1 is 1.06 bits per heavy atom. The molecule has 2 aliphatic rings. The molecule has 2 nitrogen and oxygen atoms in total. The molecule has 2 fully saturated rings. The Labute approximate surface area is 104 Å². The van der Waals surface area contributed by atoms with Gasteiger partial charge in [-0.05, 0) is 51.7 Å². The highest BCUT2D eigenvalue weighted by atomic mass is 32.2. The number of nitrogens with one attached hydrogen (secondary N) is 1. The van der Waals surface area contributed by atoms with Crippen LogP contribution >= 0.6 is 11.8 Å². The summed E-state index contributed by atoms with van der Waals surface area (Å²) in [6.07, 6.45) is 10.6. The van der Waals surface area contributed by atoms with E-state index in [1.165, 1.54) is 38.5 Å². The van der Waals surface area contributed by atoms with E-state index >= 15 is 0 Å². The first-order chi connectivity index (χ1) is 7.78. The molecule has 1 aliphatic carbocycles. The predicted octanol–water partition coefficient (Wildman–Crippen LogP) is 2.82. The lowest BCUT2D eigenvalue weighted by Crippen LogP contribution is -2.45. The van der Waals surface area contributed by atoms with Crippen LogP contribution in [0.2, 0.25) is 0 Å². The van der Waals surface area contributed by atoms with Crippen LogP contribution in [0.4, 0.5) is 0 Å². The first-order valence-corrected chi connectivity index (χ1v) is 7.97. The second kappa shape index (κ2) is 6.27. The Hall–Kier alpha value is 0.270. The molecule has 16 heavy (non-hydrogen) atoms. The highest BCUT2D eigenvalue weighted by Gasteiger charge is 2.25. The summed E-state index contributed by atoms with van der Waals surface area (Å²) in [6.45, 7) is 3.14. The Balaban J connectivity index is 1.69. The van der Waals surface area contributed by atoms with Crippen LogP contribution in [0.25, 0.3) is 0 Å². The summed E-state index contributed by atoms with van der Waals surface area (Å²) in [5.41, 5.74) is 0. The van der Waals surface area contributed by atoms with E-state index in [-0.39, 0.29) is 0 Å². The van der Waals surface area contributed by atoms with Crippen LogP contribution in [0.3, 0.4) is 0 Å². The van der Waals surface area contributed by atoms with Gasteiger partial charge in [-0.25, -0.2) is 0 Å². The largest absolute Gasteiger partial charge is 0.378 e. The van der Waals surface area contributed by atoms with Crippen LogP contribution in [0.1, 0.15) is 45.4 Å². The fraction of sp³-hybridized carbons (Fsp3) is 1.00. The van der Waals surface area contributed by atoms with Crippen molar-refractivity contribution in [2.45, 2.75) is 68.9 Å². The quantitative estimate of drug-likeness (QED) is 0.823. The highest BCUT2D eigenvalue weighted by Crippen LogP contribution is 2.27. The van der Waals surface area contributed by atoms with Crippen molar-refractivity contribution in [3.63, 3.8) is 0 Å². The summed E-state index contributed by atoms with van der Waals surface area (Å²) in [5, 5.41) is 4.77. The van der Waals surface area contributed by atoms with E-state index in [1.807, 2.05) is 11.8 Å². The van der Waals surface area contributed by atoms with Crippen molar-refractivity contribution in [3.05, 3.63) is 0 Å². The van der Waals surface area contributed by atoms with E-state index in [9.17, 15) is 0 Å². The summed E-state index contributed by atoms with van der Waals surface area (Å²) in [6, 6.07) is 1.48. The van der Waals surface area contributed by atoms with Crippen LogP contribution in [0, 0.1) is 0 Å². The Morgan fingerprint density at radius 2 is 1.81 bits per heavy atom. The maximum atomic E-state index is 5.59. The van der Waals surface area contributed by atoms with Crippen molar-refractivity contribution in [2.24, 2.45) is 0 Å². The second-order valence-corrected chi connectivity index (χ2v) is 6.42. The van der Waals surface area contributed by atoms with Crippen molar-refractivity contribution in [3.8, 4) is 0 Å². The number of thioether (sulfide) groups is 1. The maximum Gasteiger partial charge on any atom is 0.0561 e. The molecule has 0 aromatic carbocycles. The number of ether oxygens (including phenoxy) is 1. The zero-order chi connectivity index (χ0) is 11.4. The molecule has 1 N–H and O–H groups in total. The van der Waals surface area contributed by atoms with Crippen molar-refractivity contribution < 1.29 is 4.74 Å². The van der Waals surface area contributed by atoms with Gasteiger partial charge in [0.1, 0.15) is 0 Å². The first kappa shape index (κ1) is 12.7. The van der Waals surface area contributed by atoms with Gasteiger partial charge in [-0.15, -0.1) is 0 Å². The normalized spacial score (nSPS) is 40.9. The zero-order valence-electron chi connectivity index (χ0n) is 10.6. The van der Waals surface area contributed by atoms with Gasteiger partial charge in [-0.1, -0.05) is 0 Å². The number of rotatable bonds is 3. The van der Waals surface area contributed by atoms with Gasteiger partial charge in [-0.2, -0.15) is 11.8 Å². The fourth-order valence-corrected chi connectivity index (χ4v) is 3.69. The minimum absolute atomic E-state index is 0.453. The molecule has 0 bridgehead atoms. The molecule has 3 heteroatoms. The summed E-state index contributed by atoms with van der Waals surface area (Å²) >= 11 is 2.05. The van der Waals surface area contributed by atoms with Crippen molar-refractivity contribution in [2.75, 3.05) is 12.9 Å². The Kier molecular flexibility index (Phi) is 4.98. The average molecular weight is 243 g/mol. The van der Waals surface area contributed by atoms with E-state index in [2.05, 4.69) is 18.5 Å². The topological polar surface area (TPSA) is 21.3 Å². The Morgan fingerprint density at radius 3 is 2.44 bits per heavy atom. The SMILES string of the molecule is CSC1CCC(NC2CCOC(C)C2)CC1. The van der Waals surface area contributed by atoms with Gasteiger partial charge in [0.2, 0.25) is 0 Å². The summed E-state index contributed by atoms with van der Waals surface area (Å²) in [4.78, 5) is 0. The van der Waals surface area contributed by atoms with Crippen molar-refractivity contribution in [1.82, 2.24) is 5.32 Å². The summed E-state index contributed by atoms with van der Waals surface area (Å²) < 4.78 is 5.59. The van der Waals surface area contributed by atoms with Crippen LogP contribution in [0.5, 0.6) is 0 Å². The summed E-state index contributed by atoms with van der Waals surface area (Å²) in [7, 11) is 0. The first-order valence-electron chi connectivity index (χ1n) is 6.68. The van der Waals surface area contributed by atoms with Crippen LogP contribution in [0.15, 0.2) is 0 Å². The van der Waals surface area contributed by atoms with E-state index in [0.29, 0.717) is 12.1 Å². The number of hydrogen-bond donors (Lipinski definition) is 1. The summed E-state index contributed by atoms with van der Waals surface area (Å²) in [5.74, 6) is 0. The molecule has 2 rings (SSSR count). The third-order valence-electron chi connectivity index (χ3n) is 3.96. The molecule has 0 amide bonds. The molecule has 2 atom stereocenters. The van der Waals surface area contributed by atoms with Crippen molar-refractivity contribution in [1.29, 1.82) is 0 Å². The van der Waals surface area contributed by atoms with Gasteiger partial charge in [0.05, 0.1) is 6.10 Å². The van der Waals surface area contributed by atoms with Gasteiger partial charge in [-0.3, -0.25) is 0 Å². The molecule has 0 aromatic rings. The smallest absolute Gasteiger partial charge is 0.0561 e. The van der Waals surface area contributed by atoms with Gasteiger partial charge in [0.25, 0.3) is 0 Å². The molecule has 94 valence electrons. The lowest BCUT2D eigenvalue weighted by Gasteiger charge is -2.34. The van der Waals surface area contributed by atoms with E-state index in [0.717, 1.165) is 17.9 Å². The molecular weight excluding hydrogens is 218 g/mol. The lowest BCUT2D eigenvalue weighted by atomic mass is 9.93. The van der Waals surface area contributed by atoms with Crippen molar-refractivity contribution >= 4 is 11.8 Å².